The lowest BCUT2D eigenvalue weighted by Crippen LogP contribution is -2.17. The Bertz CT molecular complexity index is 424. The van der Waals surface area contributed by atoms with E-state index in [9.17, 15) is 0 Å². The van der Waals surface area contributed by atoms with Gasteiger partial charge in [0.2, 0.25) is 0 Å². The van der Waals surface area contributed by atoms with Gasteiger partial charge in [-0.2, -0.15) is 0 Å². The number of rotatable bonds is 3. The molecule has 0 radical (unpaired) electrons. The van der Waals surface area contributed by atoms with Gasteiger partial charge < -0.3 is 15.2 Å². The maximum absolute atomic E-state index is 9.08. The molecule has 3 heteroatoms. The van der Waals surface area contributed by atoms with Crippen LogP contribution in [0.25, 0.3) is 0 Å². The maximum Gasteiger partial charge on any atom is 0.119 e. The minimum atomic E-state index is 0.0681. The number of aliphatic hydroxyl groups excluding tert-OH is 1. The minimum absolute atomic E-state index is 0.0681. The predicted molar refractivity (Wildman–Crippen MR) is 63.2 cm³/mol. The Hall–Kier alpha value is -1.74. The van der Waals surface area contributed by atoms with Crippen molar-refractivity contribution in [1.29, 1.82) is 0 Å². The van der Waals surface area contributed by atoms with Gasteiger partial charge in [-0.05, 0) is 35.5 Å². The standard InChI is InChI=1S/C13H15NO2/c1-16-12-4-2-3-11(8-12)13-7-10(9-15)5-6-14-13/h2-8,13-15H,9H2,1H3. The van der Waals surface area contributed by atoms with Crippen LogP contribution < -0.4 is 10.1 Å². The summed E-state index contributed by atoms with van der Waals surface area (Å²) in [5, 5.41) is 12.3. The van der Waals surface area contributed by atoms with E-state index in [1.54, 1.807) is 7.11 Å². The van der Waals surface area contributed by atoms with Gasteiger partial charge in [-0.25, -0.2) is 0 Å². The fourth-order valence-corrected chi connectivity index (χ4v) is 1.71. The molecule has 0 bridgehead atoms. The molecule has 0 fully saturated rings. The first-order chi connectivity index (χ1) is 7.83. The van der Waals surface area contributed by atoms with E-state index in [0.29, 0.717) is 0 Å². The molecule has 1 unspecified atom stereocenters. The molecule has 0 aromatic heterocycles. The van der Waals surface area contributed by atoms with Crippen LogP contribution in [-0.4, -0.2) is 18.8 Å². The minimum Gasteiger partial charge on any atom is -0.497 e. The third-order valence-electron chi connectivity index (χ3n) is 2.59. The van der Waals surface area contributed by atoms with Crippen LogP contribution in [-0.2, 0) is 0 Å². The van der Waals surface area contributed by atoms with E-state index in [4.69, 9.17) is 9.84 Å². The molecular weight excluding hydrogens is 202 g/mol. The van der Waals surface area contributed by atoms with Gasteiger partial charge in [0.05, 0.1) is 19.8 Å². The second kappa shape index (κ2) is 4.86. The monoisotopic (exact) mass is 217 g/mol. The molecular formula is C13H15NO2. The topological polar surface area (TPSA) is 41.5 Å². The Kier molecular flexibility index (Phi) is 3.27. The SMILES string of the molecule is COc1cccc(C2C=C(CO)C=CN2)c1. The quantitative estimate of drug-likeness (QED) is 0.810. The maximum atomic E-state index is 9.08. The predicted octanol–water partition coefficient (Wildman–Crippen LogP) is 1.77. The van der Waals surface area contributed by atoms with Crippen LogP contribution in [0.4, 0.5) is 0 Å². The Labute approximate surface area is 95.1 Å². The van der Waals surface area contributed by atoms with Gasteiger partial charge in [0, 0.05) is 0 Å². The summed E-state index contributed by atoms with van der Waals surface area (Å²) in [6, 6.07) is 7.99. The molecule has 1 atom stereocenters. The summed E-state index contributed by atoms with van der Waals surface area (Å²) >= 11 is 0. The normalized spacial score (nSPS) is 18.9. The summed E-state index contributed by atoms with van der Waals surface area (Å²) < 4.78 is 5.18. The second-order valence-electron chi connectivity index (χ2n) is 3.65. The van der Waals surface area contributed by atoms with E-state index in [1.165, 1.54) is 0 Å². The van der Waals surface area contributed by atoms with Gasteiger partial charge >= 0.3 is 0 Å². The lowest BCUT2D eigenvalue weighted by molar-refractivity contribution is 0.333. The highest BCUT2D eigenvalue weighted by atomic mass is 16.5. The van der Waals surface area contributed by atoms with Crippen molar-refractivity contribution in [2.24, 2.45) is 0 Å². The Morgan fingerprint density at radius 2 is 2.31 bits per heavy atom. The van der Waals surface area contributed by atoms with E-state index in [-0.39, 0.29) is 12.6 Å². The summed E-state index contributed by atoms with van der Waals surface area (Å²) in [7, 11) is 1.66. The first-order valence-corrected chi connectivity index (χ1v) is 5.21. The van der Waals surface area contributed by atoms with Crippen LogP contribution in [0.2, 0.25) is 0 Å². The van der Waals surface area contributed by atoms with Crippen LogP contribution in [0, 0.1) is 0 Å². The van der Waals surface area contributed by atoms with Crippen molar-refractivity contribution in [2.45, 2.75) is 6.04 Å². The third kappa shape index (κ3) is 2.25. The van der Waals surface area contributed by atoms with E-state index in [1.807, 2.05) is 42.6 Å². The fourth-order valence-electron chi connectivity index (χ4n) is 1.71. The molecule has 0 saturated heterocycles. The molecule has 1 aromatic carbocycles. The highest BCUT2D eigenvalue weighted by Gasteiger charge is 2.11. The molecule has 16 heavy (non-hydrogen) atoms. The van der Waals surface area contributed by atoms with E-state index in [2.05, 4.69) is 5.32 Å². The van der Waals surface area contributed by atoms with Crippen molar-refractivity contribution in [1.82, 2.24) is 5.32 Å². The highest BCUT2D eigenvalue weighted by Crippen LogP contribution is 2.23. The molecule has 2 rings (SSSR count). The summed E-state index contributed by atoms with van der Waals surface area (Å²) in [5.74, 6) is 0.841. The summed E-state index contributed by atoms with van der Waals surface area (Å²) in [6.07, 6.45) is 5.74. The number of benzene rings is 1. The molecule has 2 N–H and O–H groups in total. The number of methoxy groups -OCH3 is 1. The summed E-state index contributed by atoms with van der Waals surface area (Å²) in [5.41, 5.74) is 2.04. The zero-order valence-electron chi connectivity index (χ0n) is 9.18. The number of nitrogens with one attached hydrogen (secondary N) is 1. The van der Waals surface area contributed by atoms with Crippen LogP contribution >= 0.6 is 0 Å². The molecule has 0 aliphatic carbocycles. The van der Waals surface area contributed by atoms with Crippen LogP contribution in [0.15, 0.2) is 48.2 Å². The molecule has 0 amide bonds. The van der Waals surface area contributed by atoms with Crippen molar-refractivity contribution >= 4 is 0 Å². The largest absolute Gasteiger partial charge is 0.497 e. The van der Waals surface area contributed by atoms with Crippen molar-refractivity contribution in [3.8, 4) is 5.75 Å². The molecule has 1 heterocycles. The van der Waals surface area contributed by atoms with Crippen molar-refractivity contribution < 1.29 is 9.84 Å². The van der Waals surface area contributed by atoms with Gasteiger partial charge in [-0.15, -0.1) is 0 Å². The van der Waals surface area contributed by atoms with Crippen molar-refractivity contribution in [2.75, 3.05) is 13.7 Å². The smallest absolute Gasteiger partial charge is 0.119 e. The third-order valence-corrected chi connectivity index (χ3v) is 2.59. The van der Waals surface area contributed by atoms with Gasteiger partial charge in [0.1, 0.15) is 5.75 Å². The average Bonchev–Trinajstić information content (AvgIpc) is 2.39. The summed E-state index contributed by atoms with van der Waals surface area (Å²) in [6.45, 7) is 0.0681. The molecule has 1 aliphatic rings. The van der Waals surface area contributed by atoms with Gasteiger partial charge in [-0.1, -0.05) is 18.2 Å². The average molecular weight is 217 g/mol. The summed E-state index contributed by atoms with van der Waals surface area (Å²) in [4.78, 5) is 0. The number of dihydropyridines is 1. The lowest BCUT2D eigenvalue weighted by Gasteiger charge is -2.19. The molecule has 0 saturated carbocycles. The number of aliphatic hydroxyl groups is 1. The molecule has 84 valence electrons. The Morgan fingerprint density at radius 1 is 1.44 bits per heavy atom. The first kappa shape index (κ1) is 10.8. The fraction of sp³-hybridized carbons (Fsp3) is 0.231. The Balaban J connectivity index is 2.24. The molecule has 1 aromatic rings. The van der Waals surface area contributed by atoms with Crippen LogP contribution in [0.3, 0.4) is 0 Å². The van der Waals surface area contributed by atoms with Crippen molar-refractivity contribution in [3.05, 3.63) is 53.8 Å². The number of ether oxygens (including phenoxy) is 1. The lowest BCUT2D eigenvalue weighted by atomic mass is 10.0. The van der Waals surface area contributed by atoms with Gasteiger partial charge in [-0.3, -0.25) is 0 Å². The van der Waals surface area contributed by atoms with Crippen LogP contribution in [0.5, 0.6) is 5.75 Å². The number of hydrogen-bond donors (Lipinski definition) is 2. The van der Waals surface area contributed by atoms with Crippen molar-refractivity contribution in [3.63, 3.8) is 0 Å². The molecule has 0 spiro atoms. The Morgan fingerprint density at radius 3 is 3.06 bits per heavy atom. The second-order valence-corrected chi connectivity index (χ2v) is 3.65. The zero-order valence-corrected chi connectivity index (χ0v) is 9.18. The van der Waals surface area contributed by atoms with E-state index in [0.717, 1.165) is 16.9 Å². The van der Waals surface area contributed by atoms with E-state index < -0.39 is 0 Å². The molecule has 1 aliphatic heterocycles. The highest BCUT2D eigenvalue weighted by molar-refractivity contribution is 5.36. The molecule has 3 nitrogen and oxygen atoms in total. The number of hydrogen-bond acceptors (Lipinski definition) is 3. The van der Waals surface area contributed by atoms with Crippen LogP contribution in [0.1, 0.15) is 11.6 Å². The van der Waals surface area contributed by atoms with E-state index >= 15 is 0 Å². The zero-order chi connectivity index (χ0) is 11.4. The van der Waals surface area contributed by atoms with Gasteiger partial charge in [0.15, 0.2) is 0 Å². The van der Waals surface area contributed by atoms with Gasteiger partial charge in [0.25, 0.3) is 0 Å². The first-order valence-electron chi connectivity index (χ1n) is 5.21.